The van der Waals surface area contributed by atoms with Crippen LogP contribution in [0.25, 0.3) is 0 Å². The van der Waals surface area contributed by atoms with Crippen molar-refractivity contribution in [1.82, 2.24) is 10.6 Å². The summed E-state index contributed by atoms with van der Waals surface area (Å²) in [5.41, 5.74) is 1.27. The fourth-order valence-corrected chi connectivity index (χ4v) is 3.44. The molecule has 150 valence electrons. The maximum atomic E-state index is 13.2. The molecule has 6 heteroatoms. The predicted molar refractivity (Wildman–Crippen MR) is 106 cm³/mol. The average Bonchev–Trinajstić information content (AvgIpc) is 3.28. The van der Waals surface area contributed by atoms with Crippen molar-refractivity contribution in [3.8, 4) is 0 Å². The number of guanidine groups is 1. The highest BCUT2D eigenvalue weighted by atomic mass is 19.1. The molecule has 27 heavy (non-hydrogen) atoms. The number of benzene rings is 1. The van der Waals surface area contributed by atoms with E-state index in [0.29, 0.717) is 6.61 Å². The molecule has 2 N–H and O–H groups in total. The Balaban J connectivity index is 1.39. The number of ether oxygens (including phenoxy) is 2. The van der Waals surface area contributed by atoms with Crippen LogP contribution in [0.15, 0.2) is 29.3 Å². The molecule has 1 aliphatic carbocycles. The van der Waals surface area contributed by atoms with Crippen LogP contribution in [0.1, 0.15) is 44.6 Å². The normalized spacial score (nSPS) is 21.3. The Kier molecular flexibility index (Phi) is 7.47. The summed E-state index contributed by atoms with van der Waals surface area (Å²) in [6.07, 6.45) is 5.71. The zero-order valence-corrected chi connectivity index (χ0v) is 16.3. The largest absolute Gasteiger partial charge is 0.379 e. The third-order valence-corrected chi connectivity index (χ3v) is 5.28. The summed E-state index contributed by atoms with van der Waals surface area (Å²) in [4.78, 5) is 4.77. The van der Waals surface area contributed by atoms with E-state index >= 15 is 0 Å². The number of rotatable bonds is 10. The molecule has 0 bridgehead atoms. The van der Waals surface area contributed by atoms with Gasteiger partial charge < -0.3 is 20.1 Å². The molecule has 1 aliphatic heterocycles. The van der Waals surface area contributed by atoms with Gasteiger partial charge in [0.25, 0.3) is 0 Å². The van der Waals surface area contributed by atoms with Gasteiger partial charge in [-0.05, 0) is 56.7 Å². The molecule has 2 aliphatic rings. The van der Waals surface area contributed by atoms with Crippen LogP contribution < -0.4 is 10.6 Å². The Hall–Kier alpha value is -1.66. The topological polar surface area (TPSA) is 54.9 Å². The molecule has 5 nitrogen and oxygen atoms in total. The number of hydrogen-bond acceptors (Lipinski definition) is 3. The third kappa shape index (κ3) is 6.18. The van der Waals surface area contributed by atoms with E-state index in [0.717, 1.165) is 70.9 Å². The van der Waals surface area contributed by atoms with Crippen molar-refractivity contribution in [3.05, 3.63) is 35.6 Å². The summed E-state index contributed by atoms with van der Waals surface area (Å²) in [6.45, 7) is 6.74. The van der Waals surface area contributed by atoms with Crippen molar-refractivity contribution < 1.29 is 13.9 Å². The van der Waals surface area contributed by atoms with Gasteiger partial charge in [0.15, 0.2) is 5.96 Å². The number of hydrogen-bond donors (Lipinski definition) is 2. The second kappa shape index (κ2) is 10.0. The molecule has 1 saturated heterocycles. The van der Waals surface area contributed by atoms with Crippen molar-refractivity contribution >= 4 is 5.96 Å². The number of nitrogens with zero attached hydrogens (tertiary/aromatic N) is 1. The summed E-state index contributed by atoms with van der Waals surface area (Å²) in [5.74, 6) is 0.653. The quantitative estimate of drug-likeness (QED) is 0.374. The van der Waals surface area contributed by atoms with E-state index < -0.39 is 0 Å². The maximum absolute atomic E-state index is 13.2. The molecule has 1 heterocycles. The van der Waals surface area contributed by atoms with Gasteiger partial charge >= 0.3 is 0 Å². The summed E-state index contributed by atoms with van der Waals surface area (Å²) in [6, 6.07) is 6.87. The molecular formula is C21H32FN3O2. The van der Waals surface area contributed by atoms with Gasteiger partial charge in [0.1, 0.15) is 5.82 Å². The highest BCUT2D eigenvalue weighted by Gasteiger charge is 2.44. The van der Waals surface area contributed by atoms with Crippen LogP contribution in [0.3, 0.4) is 0 Å². The minimum Gasteiger partial charge on any atom is -0.379 e. The summed E-state index contributed by atoms with van der Waals surface area (Å²) in [7, 11) is 0. The second-order valence-corrected chi connectivity index (χ2v) is 7.47. The second-order valence-electron chi connectivity index (χ2n) is 7.47. The van der Waals surface area contributed by atoms with E-state index in [9.17, 15) is 4.39 Å². The predicted octanol–water partition coefficient (Wildman–Crippen LogP) is 3.00. The van der Waals surface area contributed by atoms with Gasteiger partial charge in [-0.25, -0.2) is 4.39 Å². The molecule has 0 radical (unpaired) electrons. The molecule has 0 spiro atoms. The van der Waals surface area contributed by atoms with Gasteiger partial charge in [-0.3, -0.25) is 4.99 Å². The van der Waals surface area contributed by atoms with Crippen LogP contribution in [0.5, 0.6) is 0 Å². The highest BCUT2D eigenvalue weighted by molar-refractivity contribution is 5.79. The van der Waals surface area contributed by atoms with Crippen LogP contribution in [-0.4, -0.2) is 51.5 Å². The van der Waals surface area contributed by atoms with Crippen LogP contribution in [-0.2, 0) is 14.9 Å². The van der Waals surface area contributed by atoms with E-state index in [1.807, 2.05) is 12.1 Å². The van der Waals surface area contributed by atoms with Gasteiger partial charge in [-0.15, -0.1) is 0 Å². The summed E-state index contributed by atoms with van der Waals surface area (Å²) >= 11 is 0. The number of aliphatic imine (C=N–C) groups is 1. The highest BCUT2D eigenvalue weighted by Crippen LogP contribution is 2.48. The Morgan fingerprint density at radius 2 is 2.11 bits per heavy atom. The zero-order valence-electron chi connectivity index (χ0n) is 16.3. The van der Waals surface area contributed by atoms with E-state index in [2.05, 4.69) is 17.6 Å². The van der Waals surface area contributed by atoms with Crippen LogP contribution in [0.2, 0.25) is 0 Å². The molecule has 1 atom stereocenters. The smallest absolute Gasteiger partial charge is 0.191 e. The van der Waals surface area contributed by atoms with Gasteiger partial charge in [-0.1, -0.05) is 12.1 Å². The number of nitrogens with one attached hydrogen (secondary N) is 2. The van der Waals surface area contributed by atoms with Crippen LogP contribution in [0, 0.1) is 5.82 Å². The molecular weight excluding hydrogens is 345 g/mol. The van der Waals surface area contributed by atoms with Crippen molar-refractivity contribution in [2.75, 3.05) is 39.5 Å². The Labute approximate surface area is 161 Å². The van der Waals surface area contributed by atoms with E-state index in [1.54, 1.807) is 12.1 Å². The lowest BCUT2D eigenvalue weighted by atomic mass is 9.96. The molecule has 0 amide bonds. The van der Waals surface area contributed by atoms with Crippen molar-refractivity contribution in [2.24, 2.45) is 4.99 Å². The lowest BCUT2D eigenvalue weighted by molar-refractivity contribution is 0.0168. The first-order chi connectivity index (χ1) is 13.2. The van der Waals surface area contributed by atoms with Crippen molar-refractivity contribution in [2.45, 2.75) is 50.5 Å². The van der Waals surface area contributed by atoms with Crippen molar-refractivity contribution in [1.29, 1.82) is 0 Å². The fourth-order valence-electron chi connectivity index (χ4n) is 3.44. The Morgan fingerprint density at radius 1 is 1.30 bits per heavy atom. The first kappa shape index (κ1) is 20.1. The molecule has 1 aromatic carbocycles. The Bertz CT molecular complexity index is 596. The lowest BCUT2D eigenvalue weighted by Gasteiger charge is -2.16. The first-order valence-electron chi connectivity index (χ1n) is 10.2. The van der Waals surface area contributed by atoms with Gasteiger partial charge in [0, 0.05) is 31.7 Å². The molecule has 1 aromatic rings. The number of halogens is 1. The minimum atomic E-state index is -0.185. The molecule has 3 rings (SSSR count). The Morgan fingerprint density at radius 3 is 2.78 bits per heavy atom. The standard InChI is InChI=1S/C21H32FN3O2/c1-2-23-20(24-12-4-13-26-15-19-5-3-14-27-19)25-16-21(10-11-21)17-6-8-18(22)9-7-17/h6-9,19H,2-5,10-16H2,1H3,(H2,23,24,25). The SMILES string of the molecule is CCNC(=NCC1(c2ccc(F)cc2)CC1)NCCCOCC1CCCO1. The fraction of sp³-hybridized carbons (Fsp3) is 0.667. The molecule has 1 saturated carbocycles. The monoisotopic (exact) mass is 377 g/mol. The summed E-state index contributed by atoms with van der Waals surface area (Å²) < 4.78 is 24.4. The first-order valence-corrected chi connectivity index (χ1v) is 10.2. The molecule has 0 aromatic heterocycles. The van der Waals surface area contributed by atoms with E-state index in [4.69, 9.17) is 14.5 Å². The van der Waals surface area contributed by atoms with E-state index in [-0.39, 0.29) is 17.3 Å². The molecule has 1 unspecified atom stereocenters. The maximum Gasteiger partial charge on any atom is 0.191 e. The zero-order chi connectivity index (χ0) is 19.0. The minimum absolute atomic E-state index is 0.0838. The van der Waals surface area contributed by atoms with Crippen LogP contribution in [0.4, 0.5) is 4.39 Å². The van der Waals surface area contributed by atoms with Gasteiger partial charge in [0.2, 0.25) is 0 Å². The summed E-state index contributed by atoms with van der Waals surface area (Å²) in [5, 5.41) is 6.67. The van der Waals surface area contributed by atoms with Crippen LogP contribution >= 0.6 is 0 Å². The third-order valence-electron chi connectivity index (χ3n) is 5.28. The van der Waals surface area contributed by atoms with Crippen molar-refractivity contribution in [3.63, 3.8) is 0 Å². The lowest BCUT2D eigenvalue weighted by Crippen LogP contribution is -2.38. The van der Waals surface area contributed by atoms with E-state index in [1.165, 1.54) is 5.56 Å². The average molecular weight is 378 g/mol. The van der Waals surface area contributed by atoms with Gasteiger partial charge in [-0.2, -0.15) is 0 Å². The van der Waals surface area contributed by atoms with Gasteiger partial charge in [0.05, 0.1) is 19.3 Å². The molecule has 2 fully saturated rings.